The molecule has 0 aromatic rings. The lowest BCUT2D eigenvalue weighted by molar-refractivity contribution is 0.0237. The second-order valence-corrected chi connectivity index (χ2v) is 8.01. The Bertz CT molecular complexity index is 357. The van der Waals surface area contributed by atoms with E-state index < -0.39 is 0 Å². The van der Waals surface area contributed by atoms with Gasteiger partial charge in [-0.1, -0.05) is 46.3 Å². The lowest BCUT2D eigenvalue weighted by Gasteiger charge is -2.33. The SMILES string of the molecule is CC(C)NCC1CCC(CN2CC=C(C(C)(C)C)CC2)O1. The van der Waals surface area contributed by atoms with Crippen molar-refractivity contribution in [1.29, 1.82) is 0 Å². The van der Waals surface area contributed by atoms with E-state index >= 15 is 0 Å². The molecule has 1 fully saturated rings. The molecule has 2 rings (SSSR count). The Hall–Kier alpha value is -0.380. The van der Waals surface area contributed by atoms with Gasteiger partial charge < -0.3 is 10.1 Å². The Morgan fingerprint density at radius 3 is 2.57 bits per heavy atom. The van der Waals surface area contributed by atoms with E-state index in [0.717, 1.165) is 19.6 Å². The van der Waals surface area contributed by atoms with Crippen molar-refractivity contribution >= 4 is 0 Å². The van der Waals surface area contributed by atoms with Gasteiger partial charge in [0.2, 0.25) is 0 Å². The molecule has 0 amide bonds. The minimum atomic E-state index is 0.337. The third-order valence-electron chi connectivity index (χ3n) is 4.67. The van der Waals surface area contributed by atoms with Crippen molar-refractivity contribution < 1.29 is 4.74 Å². The van der Waals surface area contributed by atoms with Crippen molar-refractivity contribution in [3.8, 4) is 0 Å². The first-order valence-electron chi connectivity index (χ1n) is 8.65. The number of nitrogens with zero attached hydrogens (tertiary/aromatic N) is 1. The lowest BCUT2D eigenvalue weighted by atomic mass is 9.83. The summed E-state index contributed by atoms with van der Waals surface area (Å²) in [6.45, 7) is 15.7. The van der Waals surface area contributed by atoms with Gasteiger partial charge in [0, 0.05) is 32.2 Å². The third-order valence-corrected chi connectivity index (χ3v) is 4.67. The van der Waals surface area contributed by atoms with Crippen LogP contribution in [0, 0.1) is 5.41 Å². The fourth-order valence-electron chi connectivity index (χ4n) is 3.28. The van der Waals surface area contributed by atoms with Gasteiger partial charge in [0.25, 0.3) is 0 Å². The van der Waals surface area contributed by atoms with E-state index in [1.54, 1.807) is 5.57 Å². The first-order valence-corrected chi connectivity index (χ1v) is 8.65. The van der Waals surface area contributed by atoms with Gasteiger partial charge in [-0.15, -0.1) is 0 Å². The molecule has 2 atom stereocenters. The molecule has 2 unspecified atom stereocenters. The number of hydrogen-bond donors (Lipinski definition) is 1. The van der Waals surface area contributed by atoms with Gasteiger partial charge in [-0.05, 0) is 24.7 Å². The van der Waals surface area contributed by atoms with Gasteiger partial charge in [0.15, 0.2) is 0 Å². The predicted octanol–water partition coefficient (Wildman–Crippen LogP) is 3.21. The van der Waals surface area contributed by atoms with Gasteiger partial charge in [0.05, 0.1) is 12.2 Å². The maximum atomic E-state index is 6.18. The molecule has 0 aliphatic carbocycles. The molecule has 2 heterocycles. The Labute approximate surface area is 131 Å². The highest BCUT2D eigenvalue weighted by Crippen LogP contribution is 2.30. The minimum absolute atomic E-state index is 0.337. The predicted molar refractivity (Wildman–Crippen MR) is 89.6 cm³/mol. The van der Waals surface area contributed by atoms with E-state index in [0.29, 0.717) is 23.7 Å². The van der Waals surface area contributed by atoms with Crippen molar-refractivity contribution in [1.82, 2.24) is 10.2 Å². The van der Waals surface area contributed by atoms with Crippen molar-refractivity contribution in [3.05, 3.63) is 11.6 Å². The fraction of sp³-hybridized carbons (Fsp3) is 0.889. The first kappa shape index (κ1) is 17.0. The van der Waals surface area contributed by atoms with Crippen LogP contribution in [0.15, 0.2) is 11.6 Å². The van der Waals surface area contributed by atoms with Crippen LogP contribution in [-0.2, 0) is 4.74 Å². The van der Waals surface area contributed by atoms with Crippen LogP contribution in [0.25, 0.3) is 0 Å². The Balaban J connectivity index is 1.71. The summed E-state index contributed by atoms with van der Waals surface area (Å²) in [5.74, 6) is 0. The minimum Gasteiger partial charge on any atom is -0.372 e. The van der Waals surface area contributed by atoms with Crippen LogP contribution in [0.4, 0.5) is 0 Å². The van der Waals surface area contributed by atoms with Gasteiger partial charge in [0.1, 0.15) is 0 Å². The van der Waals surface area contributed by atoms with Gasteiger partial charge in [-0.2, -0.15) is 0 Å². The molecular weight excluding hydrogens is 260 g/mol. The lowest BCUT2D eigenvalue weighted by Crippen LogP contribution is -2.38. The summed E-state index contributed by atoms with van der Waals surface area (Å²) in [6, 6.07) is 0.552. The second-order valence-electron chi connectivity index (χ2n) is 8.01. The van der Waals surface area contributed by atoms with Crippen molar-refractivity contribution in [3.63, 3.8) is 0 Å². The summed E-state index contributed by atoms with van der Waals surface area (Å²) in [7, 11) is 0. The molecule has 21 heavy (non-hydrogen) atoms. The van der Waals surface area contributed by atoms with E-state index in [2.05, 4.69) is 50.9 Å². The zero-order valence-corrected chi connectivity index (χ0v) is 14.6. The first-order chi connectivity index (χ1) is 9.84. The van der Waals surface area contributed by atoms with Gasteiger partial charge in [-0.25, -0.2) is 0 Å². The zero-order chi connectivity index (χ0) is 15.5. The Kier molecular flexibility index (Phi) is 5.87. The molecule has 0 spiro atoms. The third kappa shape index (κ3) is 5.39. The maximum absolute atomic E-state index is 6.18. The largest absolute Gasteiger partial charge is 0.372 e. The quantitative estimate of drug-likeness (QED) is 0.788. The van der Waals surface area contributed by atoms with E-state index in [1.165, 1.54) is 25.8 Å². The molecule has 0 bridgehead atoms. The monoisotopic (exact) mass is 294 g/mol. The van der Waals surface area contributed by atoms with E-state index in [9.17, 15) is 0 Å². The summed E-state index contributed by atoms with van der Waals surface area (Å²) in [4.78, 5) is 2.55. The summed E-state index contributed by atoms with van der Waals surface area (Å²) in [5, 5.41) is 3.49. The summed E-state index contributed by atoms with van der Waals surface area (Å²) in [6.07, 6.45) is 6.94. The Morgan fingerprint density at radius 2 is 2.00 bits per heavy atom. The normalized spacial score (nSPS) is 28.2. The molecule has 3 heteroatoms. The van der Waals surface area contributed by atoms with Crippen LogP contribution in [0.5, 0.6) is 0 Å². The smallest absolute Gasteiger partial charge is 0.0707 e. The highest BCUT2D eigenvalue weighted by atomic mass is 16.5. The molecule has 0 saturated carbocycles. The molecule has 0 aromatic carbocycles. The molecule has 1 N–H and O–H groups in total. The van der Waals surface area contributed by atoms with Crippen molar-refractivity contribution in [2.75, 3.05) is 26.2 Å². The molecule has 2 aliphatic heterocycles. The topological polar surface area (TPSA) is 24.5 Å². The number of nitrogens with one attached hydrogen (secondary N) is 1. The molecule has 122 valence electrons. The highest BCUT2D eigenvalue weighted by Gasteiger charge is 2.28. The fourth-order valence-corrected chi connectivity index (χ4v) is 3.28. The molecule has 1 saturated heterocycles. The summed E-state index contributed by atoms with van der Waals surface area (Å²) >= 11 is 0. The average molecular weight is 294 g/mol. The summed E-state index contributed by atoms with van der Waals surface area (Å²) < 4.78 is 6.18. The van der Waals surface area contributed by atoms with Gasteiger partial charge >= 0.3 is 0 Å². The van der Waals surface area contributed by atoms with Crippen LogP contribution in [0.2, 0.25) is 0 Å². The van der Waals surface area contributed by atoms with Gasteiger partial charge in [-0.3, -0.25) is 4.90 Å². The van der Waals surface area contributed by atoms with E-state index in [-0.39, 0.29) is 0 Å². The number of hydrogen-bond acceptors (Lipinski definition) is 3. The average Bonchev–Trinajstić information content (AvgIpc) is 2.83. The van der Waals surface area contributed by atoms with E-state index in [4.69, 9.17) is 4.74 Å². The maximum Gasteiger partial charge on any atom is 0.0707 e. The summed E-state index contributed by atoms with van der Waals surface area (Å²) in [5.41, 5.74) is 1.95. The Morgan fingerprint density at radius 1 is 1.29 bits per heavy atom. The van der Waals surface area contributed by atoms with Crippen LogP contribution >= 0.6 is 0 Å². The number of ether oxygens (including phenoxy) is 1. The molecular formula is C18H34N2O. The van der Waals surface area contributed by atoms with Crippen LogP contribution in [-0.4, -0.2) is 49.3 Å². The molecule has 0 aromatic heterocycles. The molecule has 0 radical (unpaired) electrons. The van der Waals surface area contributed by atoms with Crippen LogP contribution in [0.1, 0.15) is 53.9 Å². The van der Waals surface area contributed by atoms with E-state index in [1.807, 2.05) is 0 Å². The standard InChI is InChI=1S/C18H34N2O/c1-14(2)19-12-16-6-7-17(21-16)13-20-10-8-15(9-11-20)18(3,4)5/h8,14,16-17,19H,6-7,9-13H2,1-5H3. The highest BCUT2D eigenvalue weighted by molar-refractivity contribution is 5.14. The van der Waals surface area contributed by atoms with Crippen LogP contribution in [0.3, 0.4) is 0 Å². The zero-order valence-electron chi connectivity index (χ0n) is 14.6. The van der Waals surface area contributed by atoms with Crippen molar-refractivity contribution in [2.45, 2.75) is 72.1 Å². The molecule has 2 aliphatic rings. The second kappa shape index (κ2) is 7.26. The van der Waals surface area contributed by atoms with Crippen LogP contribution < -0.4 is 5.32 Å². The number of rotatable bonds is 5. The molecule has 3 nitrogen and oxygen atoms in total. The van der Waals surface area contributed by atoms with Crippen molar-refractivity contribution in [2.24, 2.45) is 5.41 Å².